The lowest BCUT2D eigenvalue weighted by Gasteiger charge is -2.30. The number of aliphatic hydroxyl groups excluding tert-OH is 1. The fourth-order valence-electron chi connectivity index (χ4n) is 4.20. The van der Waals surface area contributed by atoms with Crippen molar-refractivity contribution in [3.63, 3.8) is 0 Å². The van der Waals surface area contributed by atoms with Gasteiger partial charge >= 0.3 is 7.82 Å². The van der Waals surface area contributed by atoms with Crippen LogP contribution in [-0.2, 0) is 13.8 Å². The summed E-state index contributed by atoms with van der Waals surface area (Å²) < 4.78 is 80.9. The summed E-state index contributed by atoms with van der Waals surface area (Å²) in [5.74, 6) is -0.282. The van der Waals surface area contributed by atoms with Gasteiger partial charge in [-0.15, -0.1) is 0 Å². The highest BCUT2D eigenvalue weighted by molar-refractivity contribution is 7.49. The number of aliphatic hydroxyl groups is 1. The summed E-state index contributed by atoms with van der Waals surface area (Å²) in [6.07, 6.45) is -9.45. The van der Waals surface area contributed by atoms with Gasteiger partial charge in [-0.05, 0) is 38.1 Å². The van der Waals surface area contributed by atoms with Crippen molar-refractivity contribution in [3.05, 3.63) is 76.3 Å². The van der Waals surface area contributed by atoms with Crippen LogP contribution in [0.15, 0.2) is 59.7 Å². The third kappa shape index (κ3) is 5.53. The first-order chi connectivity index (χ1) is 19.4. The summed E-state index contributed by atoms with van der Waals surface area (Å²) in [5.41, 5.74) is 2.89. The SMILES string of the molecule is Cc1ccc(OP(=O)(OC[C@@]2(C(F)F)O[C@@H](n3cnc4c(=O)[nH]c(N)nc43)[C@H](O)[C@H]2F)Oc2ccc(C)cc2)cc1. The van der Waals surface area contributed by atoms with Crippen molar-refractivity contribution in [2.45, 2.75) is 44.4 Å². The highest BCUT2D eigenvalue weighted by Crippen LogP contribution is 2.53. The Kier molecular flexibility index (Phi) is 7.55. The molecule has 4 atom stereocenters. The van der Waals surface area contributed by atoms with Gasteiger partial charge in [0.15, 0.2) is 29.2 Å². The van der Waals surface area contributed by atoms with Crippen molar-refractivity contribution >= 4 is 24.9 Å². The Morgan fingerprint density at radius 1 is 1.12 bits per heavy atom. The summed E-state index contributed by atoms with van der Waals surface area (Å²) >= 11 is 0. The van der Waals surface area contributed by atoms with Crippen LogP contribution < -0.4 is 20.3 Å². The molecule has 0 saturated carbocycles. The van der Waals surface area contributed by atoms with Crippen LogP contribution >= 0.6 is 7.82 Å². The topological polar surface area (TPSA) is 164 Å². The quantitative estimate of drug-likeness (QED) is 0.242. The molecule has 2 aromatic carbocycles. The average molecular weight is 595 g/mol. The van der Waals surface area contributed by atoms with Crippen molar-refractivity contribution < 1.29 is 41.2 Å². The van der Waals surface area contributed by atoms with Crippen molar-refractivity contribution in [1.29, 1.82) is 0 Å². The number of benzene rings is 2. The maximum absolute atomic E-state index is 15.6. The average Bonchev–Trinajstić information content (AvgIpc) is 3.45. The van der Waals surface area contributed by atoms with Gasteiger partial charge in [0.25, 0.3) is 12.0 Å². The van der Waals surface area contributed by atoms with Gasteiger partial charge in [-0.2, -0.15) is 4.98 Å². The van der Waals surface area contributed by atoms with Crippen LogP contribution in [0.1, 0.15) is 17.4 Å². The van der Waals surface area contributed by atoms with Gasteiger partial charge in [-0.25, -0.2) is 22.7 Å². The first-order valence-electron chi connectivity index (χ1n) is 12.2. The molecule has 0 unspecified atom stereocenters. The van der Waals surface area contributed by atoms with Crippen LogP contribution in [0.3, 0.4) is 0 Å². The van der Waals surface area contributed by atoms with Gasteiger partial charge in [0, 0.05) is 0 Å². The predicted octanol–water partition coefficient (Wildman–Crippen LogP) is 3.83. The fraction of sp³-hybridized carbons (Fsp3) is 0.320. The molecule has 0 amide bonds. The Bertz CT molecular complexity index is 1600. The van der Waals surface area contributed by atoms with E-state index in [4.69, 9.17) is 24.0 Å². The zero-order valence-corrected chi connectivity index (χ0v) is 22.5. The smallest absolute Gasteiger partial charge is 0.395 e. The molecular weight excluding hydrogens is 570 g/mol. The maximum atomic E-state index is 15.6. The van der Waals surface area contributed by atoms with Crippen molar-refractivity contribution in [1.82, 2.24) is 19.5 Å². The van der Waals surface area contributed by atoms with E-state index < -0.39 is 50.5 Å². The first-order valence-corrected chi connectivity index (χ1v) is 13.6. The molecule has 1 aliphatic heterocycles. The van der Waals surface area contributed by atoms with Gasteiger partial charge in [-0.1, -0.05) is 35.4 Å². The Morgan fingerprint density at radius 2 is 1.68 bits per heavy atom. The Morgan fingerprint density at radius 3 is 2.22 bits per heavy atom. The Labute approximate surface area is 230 Å². The lowest BCUT2D eigenvalue weighted by Crippen LogP contribution is -2.50. The van der Waals surface area contributed by atoms with E-state index in [0.717, 1.165) is 22.0 Å². The number of nitrogens with one attached hydrogen (secondary N) is 1. The third-order valence-corrected chi connectivity index (χ3v) is 7.73. The molecule has 1 fully saturated rings. The number of halogens is 3. The summed E-state index contributed by atoms with van der Waals surface area (Å²) in [5, 5.41) is 10.6. The number of nitrogens with two attached hydrogens (primary N) is 1. The number of rotatable bonds is 9. The molecule has 12 nitrogen and oxygen atoms in total. The zero-order valence-electron chi connectivity index (χ0n) is 21.6. The normalized spacial score (nSPS) is 22.9. The molecule has 0 aliphatic carbocycles. The van der Waals surface area contributed by atoms with Crippen molar-refractivity contribution in [2.75, 3.05) is 12.3 Å². The Balaban J connectivity index is 1.46. The van der Waals surface area contributed by atoms with Crippen LogP contribution in [0.25, 0.3) is 11.2 Å². The number of fused-ring (bicyclic) bond motifs is 1. The minimum absolute atomic E-state index is 0.0259. The lowest BCUT2D eigenvalue weighted by atomic mass is 9.98. The standard InChI is InChI=1S/C25H25F3N5O7P/c1-13-3-7-15(8-4-13)39-41(36,40-16-9-5-14(2)6-10-16)37-11-25(23(27)28)19(26)18(34)22(38-25)33-12-30-17-20(33)31-24(29)32-21(17)35/h3-10,12,18-19,22-23,34H,11H2,1-2H3,(H3,29,31,32,35)/t18-,19-,22-,25-/m1/s1. The number of alkyl halides is 3. The van der Waals surface area contributed by atoms with Crippen LogP contribution in [0, 0.1) is 13.8 Å². The number of H-pyrrole nitrogens is 1. The molecule has 5 rings (SSSR count). The number of nitrogen functional groups attached to an aromatic ring is 1. The second kappa shape index (κ2) is 10.8. The van der Waals surface area contributed by atoms with E-state index in [1.54, 1.807) is 38.1 Å². The van der Waals surface area contributed by atoms with E-state index in [1.165, 1.54) is 24.3 Å². The fourth-order valence-corrected chi connectivity index (χ4v) is 5.46. The monoisotopic (exact) mass is 595 g/mol. The maximum Gasteiger partial charge on any atom is 0.587 e. The van der Waals surface area contributed by atoms with Gasteiger partial charge in [-0.3, -0.25) is 18.9 Å². The molecule has 4 aromatic rings. The molecule has 16 heteroatoms. The summed E-state index contributed by atoms with van der Waals surface area (Å²) in [4.78, 5) is 22.1. The van der Waals surface area contributed by atoms with Crippen LogP contribution in [0.5, 0.6) is 11.5 Å². The molecule has 41 heavy (non-hydrogen) atoms. The van der Waals surface area contributed by atoms with E-state index in [0.29, 0.717) is 0 Å². The largest absolute Gasteiger partial charge is 0.587 e. The second-order valence-electron chi connectivity index (χ2n) is 9.46. The minimum atomic E-state index is -4.76. The van der Waals surface area contributed by atoms with Crippen LogP contribution in [-0.4, -0.2) is 55.5 Å². The summed E-state index contributed by atoms with van der Waals surface area (Å²) in [7, 11) is -4.76. The number of aryl methyl sites for hydroxylation is 2. The van der Waals surface area contributed by atoms with E-state index in [9.17, 15) is 23.2 Å². The molecule has 0 bridgehead atoms. The number of aromatic amines is 1. The van der Waals surface area contributed by atoms with Gasteiger partial charge in [0.2, 0.25) is 5.95 Å². The van der Waals surface area contributed by atoms with Gasteiger partial charge in [0.05, 0.1) is 12.9 Å². The highest BCUT2D eigenvalue weighted by Gasteiger charge is 2.63. The zero-order chi connectivity index (χ0) is 29.5. The van der Waals surface area contributed by atoms with E-state index >= 15 is 4.39 Å². The number of phosphoric acid groups is 1. The minimum Gasteiger partial charge on any atom is -0.395 e. The number of nitrogens with zero attached hydrogens (tertiary/aromatic N) is 3. The van der Waals surface area contributed by atoms with Crippen molar-refractivity contribution in [2.24, 2.45) is 0 Å². The second-order valence-corrected chi connectivity index (χ2v) is 11.0. The molecule has 1 aliphatic rings. The predicted molar refractivity (Wildman–Crippen MR) is 139 cm³/mol. The lowest BCUT2D eigenvalue weighted by molar-refractivity contribution is -0.182. The molecule has 3 heterocycles. The molecule has 0 spiro atoms. The molecule has 0 radical (unpaired) electrons. The summed E-state index contributed by atoms with van der Waals surface area (Å²) in [6, 6.07) is 12.4. The van der Waals surface area contributed by atoms with Crippen molar-refractivity contribution in [3.8, 4) is 11.5 Å². The number of hydrogen-bond donors (Lipinski definition) is 3. The number of ether oxygens (including phenoxy) is 1. The number of aromatic nitrogens is 4. The Hall–Kier alpha value is -3.91. The van der Waals surface area contributed by atoms with Gasteiger partial charge < -0.3 is 24.6 Å². The number of anilines is 1. The summed E-state index contributed by atoms with van der Waals surface area (Å²) in [6.45, 7) is 2.25. The number of imidazole rings is 1. The van der Waals surface area contributed by atoms with Crippen LogP contribution in [0.4, 0.5) is 19.1 Å². The molecule has 1 saturated heterocycles. The van der Waals surface area contributed by atoms with E-state index in [2.05, 4.69) is 15.0 Å². The van der Waals surface area contributed by atoms with Gasteiger partial charge in [0.1, 0.15) is 17.6 Å². The molecule has 4 N–H and O–H groups in total. The number of hydrogen-bond acceptors (Lipinski definition) is 10. The molecular formula is C25H25F3N5O7P. The molecule has 2 aromatic heterocycles. The highest BCUT2D eigenvalue weighted by atomic mass is 31.2. The number of phosphoric ester groups is 1. The van der Waals surface area contributed by atoms with Crippen LogP contribution in [0.2, 0.25) is 0 Å². The van der Waals surface area contributed by atoms with E-state index in [-0.39, 0.29) is 28.6 Å². The van der Waals surface area contributed by atoms with E-state index in [1.807, 2.05) is 0 Å². The third-order valence-electron chi connectivity index (χ3n) is 6.42. The molecule has 218 valence electrons. The first kappa shape index (κ1) is 28.6.